The first-order valence-corrected chi connectivity index (χ1v) is 5.28. The van der Waals surface area contributed by atoms with E-state index < -0.39 is 0 Å². The molecule has 0 aromatic carbocycles. The van der Waals surface area contributed by atoms with Gasteiger partial charge in [0.25, 0.3) is 0 Å². The lowest BCUT2D eigenvalue weighted by Gasteiger charge is -2.33. The molecule has 86 valence electrons. The second-order valence-corrected chi connectivity index (χ2v) is 6.78. The van der Waals surface area contributed by atoms with Crippen molar-refractivity contribution in [3.05, 3.63) is 0 Å². The molecule has 0 spiro atoms. The lowest BCUT2D eigenvalue weighted by atomic mass is 9.84. The molecule has 0 unspecified atom stereocenters. The maximum absolute atomic E-state index is 5.47. The Labute approximate surface area is 88.9 Å². The zero-order valence-corrected chi connectivity index (χ0v) is 11.0. The van der Waals surface area contributed by atoms with Crippen molar-refractivity contribution in [3.8, 4) is 0 Å². The molecule has 0 aromatic heterocycles. The molecule has 0 aliphatic heterocycles. The van der Waals surface area contributed by atoms with Crippen LogP contribution >= 0.6 is 0 Å². The summed E-state index contributed by atoms with van der Waals surface area (Å²) in [6.45, 7) is 16.7. The van der Waals surface area contributed by atoms with E-state index in [1.165, 1.54) is 0 Å². The fourth-order valence-corrected chi connectivity index (χ4v) is 1.54. The van der Waals surface area contributed by atoms with E-state index in [1.54, 1.807) is 0 Å². The van der Waals surface area contributed by atoms with E-state index in [0.29, 0.717) is 0 Å². The Hall–Kier alpha value is -0.0800. The zero-order chi connectivity index (χ0) is 11.6. The first kappa shape index (κ1) is 13.9. The summed E-state index contributed by atoms with van der Waals surface area (Å²) in [6, 6.07) is 0. The molecular formula is C12H26O2. The smallest absolute Gasteiger partial charge is 0.0985 e. The van der Waals surface area contributed by atoms with Gasteiger partial charge in [-0.15, -0.1) is 0 Å². The van der Waals surface area contributed by atoms with Crippen LogP contribution in [0.4, 0.5) is 0 Å². The van der Waals surface area contributed by atoms with Gasteiger partial charge >= 0.3 is 0 Å². The van der Waals surface area contributed by atoms with Gasteiger partial charge in [0.05, 0.1) is 11.2 Å². The van der Waals surface area contributed by atoms with E-state index in [4.69, 9.17) is 9.78 Å². The van der Waals surface area contributed by atoms with Crippen LogP contribution in [0.25, 0.3) is 0 Å². The molecule has 0 aromatic rings. The highest BCUT2D eigenvalue weighted by Gasteiger charge is 2.29. The monoisotopic (exact) mass is 202 g/mol. The highest BCUT2D eigenvalue weighted by molar-refractivity contribution is 4.76. The van der Waals surface area contributed by atoms with Gasteiger partial charge in [0.2, 0.25) is 0 Å². The average molecular weight is 202 g/mol. The lowest BCUT2D eigenvalue weighted by Crippen LogP contribution is -2.34. The Morgan fingerprint density at radius 2 is 1.14 bits per heavy atom. The van der Waals surface area contributed by atoms with Crippen LogP contribution in [0, 0.1) is 5.41 Å². The minimum Gasteiger partial charge on any atom is -0.230 e. The fourth-order valence-electron chi connectivity index (χ4n) is 1.54. The highest BCUT2D eigenvalue weighted by Crippen LogP contribution is 2.30. The Morgan fingerprint density at radius 3 is 1.43 bits per heavy atom. The average Bonchev–Trinajstić information content (AvgIpc) is 1.76. The summed E-state index contributed by atoms with van der Waals surface area (Å²) >= 11 is 0. The second-order valence-electron chi connectivity index (χ2n) is 6.78. The van der Waals surface area contributed by atoms with Gasteiger partial charge in [-0.2, -0.15) is 0 Å². The molecule has 2 heteroatoms. The third-order valence-corrected chi connectivity index (χ3v) is 1.47. The largest absolute Gasteiger partial charge is 0.230 e. The van der Waals surface area contributed by atoms with Crippen LogP contribution in [0.3, 0.4) is 0 Å². The first-order valence-electron chi connectivity index (χ1n) is 5.28. The van der Waals surface area contributed by atoms with Gasteiger partial charge in [0, 0.05) is 0 Å². The van der Waals surface area contributed by atoms with Gasteiger partial charge in [-0.3, -0.25) is 0 Å². The summed E-state index contributed by atoms with van der Waals surface area (Å²) in [5.74, 6) is 0. The Bertz CT molecular complexity index is 170. The Morgan fingerprint density at radius 1 is 0.714 bits per heavy atom. The molecule has 0 bridgehead atoms. The molecule has 0 aliphatic carbocycles. The molecule has 0 saturated carbocycles. The molecule has 0 heterocycles. The summed E-state index contributed by atoms with van der Waals surface area (Å²) in [7, 11) is 0. The van der Waals surface area contributed by atoms with Crippen LogP contribution in [0.5, 0.6) is 0 Å². The van der Waals surface area contributed by atoms with Crippen molar-refractivity contribution in [2.75, 3.05) is 0 Å². The topological polar surface area (TPSA) is 18.5 Å². The van der Waals surface area contributed by atoms with Gasteiger partial charge in [0.1, 0.15) is 0 Å². The molecule has 0 amide bonds. The summed E-state index contributed by atoms with van der Waals surface area (Å²) in [5, 5.41) is 0. The third-order valence-electron chi connectivity index (χ3n) is 1.47. The minimum absolute atomic E-state index is 0.231. The van der Waals surface area contributed by atoms with E-state index >= 15 is 0 Å². The molecule has 2 nitrogen and oxygen atoms in total. The number of rotatable bonds is 3. The minimum atomic E-state index is -0.241. The van der Waals surface area contributed by atoms with Gasteiger partial charge in [-0.05, 0) is 46.5 Å². The van der Waals surface area contributed by atoms with Crippen LogP contribution in [-0.4, -0.2) is 11.2 Å². The molecule has 0 aliphatic rings. The van der Waals surface area contributed by atoms with E-state index in [2.05, 4.69) is 34.6 Å². The zero-order valence-electron chi connectivity index (χ0n) is 11.0. The fraction of sp³-hybridized carbons (Fsp3) is 1.00. The molecule has 0 N–H and O–H groups in total. The molecule has 0 atom stereocenters. The van der Waals surface area contributed by atoms with Crippen LogP contribution in [0.1, 0.15) is 61.8 Å². The molecule has 14 heavy (non-hydrogen) atoms. The molecular weight excluding hydrogens is 176 g/mol. The molecule has 0 fully saturated rings. The highest BCUT2D eigenvalue weighted by atomic mass is 17.2. The standard InChI is InChI=1S/C12H26O2/c1-10(2,3)9-12(7,8)14-13-11(4,5)6/h9H2,1-8H3. The van der Waals surface area contributed by atoms with Crippen LogP contribution in [-0.2, 0) is 9.78 Å². The lowest BCUT2D eigenvalue weighted by molar-refractivity contribution is -0.400. The third kappa shape index (κ3) is 8.52. The van der Waals surface area contributed by atoms with Crippen LogP contribution < -0.4 is 0 Å². The Balaban J connectivity index is 4.09. The molecule has 0 saturated heterocycles. The van der Waals surface area contributed by atoms with Gasteiger partial charge < -0.3 is 0 Å². The second kappa shape index (κ2) is 4.19. The van der Waals surface area contributed by atoms with Gasteiger partial charge in [0.15, 0.2) is 0 Å². The quantitative estimate of drug-likeness (QED) is 0.509. The van der Waals surface area contributed by atoms with E-state index in [-0.39, 0.29) is 16.6 Å². The van der Waals surface area contributed by atoms with Crippen molar-refractivity contribution in [1.29, 1.82) is 0 Å². The van der Waals surface area contributed by atoms with E-state index in [9.17, 15) is 0 Å². The van der Waals surface area contributed by atoms with Crippen molar-refractivity contribution < 1.29 is 9.78 Å². The van der Waals surface area contributed by atoms with E-state index in [1.807, 2.05) is 20.8 Å². The molecule has 0 radical (unpaired) electrons. The van der Waals surface area contributed by atoms with Crippen LogP contribution in [0.2, 0.25) is 0 Å². The van der Waals surface area contributed by atoms with Crippen LogP contribution in [0.15, 0.2) is 0 Å². The first-order chi connectivity index (χ1) is 5.91. The number of hydrogen-bond donors (Lipinski definition) is 0. The summed E-state index contributed by atoms with van der Waals surface area (Å²) in [5.41, 5.74) is -0.217. The summed E-state index contributed by atoms with van der Waals surface area (Å²) < 4.78 is 0. The van der Waals surface area contributed by atoms with Gasteiger partial charge in [-0.25, -0.2) is 9.78 Å². The van der Waals surface area contributed by atoms with Crippen molar-refractivity contribution in [2.45, 2.75) is 73.0 Å². The normalized spacial score (nSPS) is 14.6. The van der Waals surface area contributed by atoms with Crippen molar-refractivity contribution in [3.63, 3.8) is 0 Å². The summed E-state index contributed by atoms with van der Waals surface area (Å²) in [4.78, 5) is 10.8. The predicted octanol–water partition coefficient (Wildman–Crippen LogP) is 3.95. The maximum atomic E-state index is 5.47. The molecule has 0 rings (SSSR count). The predicted molar refractivity (Wildman–Crippen MR) is 60.1 cm³/mol. The number of hydrogen-bond acceptors (Lipinski definition) is 2. The van der Waals surface area contributed by atoms with Gasteiger partial charge in [-0.1, -0.05) is 20.8 Å². The maximum Gasteiger partial charge on any atom is 0.0985 e. The van der Waals surface area contributed by atoms with Crippen molar-refractivity contribution >= 4 is 0 Å². The van der Waals surface area contributed by atoms with E-state index in [0.717, 1.165) is 6.42 Å². The summed E-state index contributed by atoms with van der Waals surface area (Å²) in [6.07, 6.45) is 0.968. The SMILES string of the molecule is CC(C)(C)CC(C)(C)OOC(C)(C)C. The van der Waals surface area contributed by atoms with Crippen molar-refractivity contribution in [1.82, 2.24) is 0 Å². The van der Waals surface area contributed by atoms with Crippen molar-refractivity contribution in [2.24, 2.45) is 5.41 Å². The Kier molecular flexibility index (Phi) is 4.17.